The van der Waals surface area contributed by atoms with E-state index in [9.17, 15) is 61.3 Å². The summed E-state index contributed by atoms with van der Waals surface area (Å²) in [6.07, 6.45) is -19.6. The molecule has 0 spiro atoms. The molecule has 0 aromatic heterocycles. The lowest BCUT2D eigenvalue weighted by Gasteiger charge is -2.71. The van der Waals surface area contributed by atoms with E-state index in [-0.39, 0.29) is 40.1 Å². The summed E-state index contributed by atoms with van der Waals surface area (Å²) in [4.78, 5) is 15.1. The van der Waals surface area contributed by atoms with Crippen molar-refractivity contribution in [2.24, 2.45) is 50.2 Å². The molecule has 8 aliphatic rings. The Hall–Kier alpha value is -1.47. The predicted octanol–water partition coefficient (Wildman–Crippen LogP) is -0.889. The fourth-order valence-electron chi connectivity index (χ4n) is 14.9. The summed E-state index contributed by atoms with van der Waals surface area (Å²) in [5.41, 5.74) is -1.53. The van der Waals surface area contributed by atoms with E-state index in [1.165, 1.54) is 0 Å². The number of hydrogen-bond donors (Lipinski definition) is 12. The van der Waals surface area contributed by atoms with Crippen LogP contribution < -0.4 is 0 Å². The second kappa shape index (κ2) is 18.2. The smallest absolute Gasteiger partial charge is 0.317 e. The molecule has 7 fully saturated rings. The van der Waals surface area contributed by atoms with Gasteiger partial charge in [-0.15, -0.1) is 0 Å². The Balaban J connectivity index is 1.03. The van der Waals surface area contributed by atoms with Gasteiger partial charge in [0.1, 0.15) is 78.7 Å². The zero-order valence-corrected chi connectivity index (χ0v) is 39.8. The maximum atomic E-state index is 15.1. The SMILES string of the molecule is CC1(C)CC[C@]2(C(=O)O[C@@H]3O[C@H](CO[C@@H]4O[C@H](CO)[C@@H](O)[C@H](O)[C@H]4O[C@@H]4O[C@H](CO)[C@@H](O)[C@H](O)[C@H]4O)[C@@H](O)[C@H](O)[C@H]3O)[C@H](O)C[C@]3(C)C(=CC[C@@H]4[C@@]5(C)CC[C@H](O)C(C)(C)[C@@H]5CC[C@]43C)[C@@H]2C1. The van der Waals surface area contributed by atoms with Crippen LogP contribution in [0.2, 0.25) is 0 Å². The summed E-state index contributed by atoms with van der Waals surface area (Å²) in [6, 6.07) is 0. The number of rotatable bonds is 9. The molecular weight excluding hydrogens is 881 g/mol. The molecule has 384 valence electrons. The Morgan fingerprint density at radius 2 is 1.21 bits per heavy atom. The third-order valence-corrected chi connectivity index (χ3v) is 19.3. The second-order valence-corrected chi connectivity index (χ2v) is 23.6. The molecule has 0 bridgehead atoms. The van der Waals surface area contributed by atoms with Crippen LogP contribution in [-0.4, -0.2) is 191 Å². The monoisotopic (exact) mass is 959 g/mol. The van der Waals surface area contributed by atoms with Crippen LogP contribution in [0.4, 0.5) is 0 Å². The third-order valence-electron chi connectivity index (χ3n) is 19.3. The van der Waals surface area contributed by atoms with Crippen LogP contribution in [0.3, 0.4) is 0 Å². The van der Waals surface area contributed by atoms with Crippen LogP contribution in [0.15, 0.2) is 11.6 Å². The fraction of sp³-hybridized carbons (Fsp3) is 0.938. The lowest BCUT2D eigenvalue weighted by molar-refractivity contribution is -0.372. The lowest BCUT2D eigenvalue weighted by atomic mass is 9.33. The maximum absolute atomic E-state index is 15.1. The van der Waals surface area contributed by atoms with Crippen molar-refractivity contribution in [1.82, 2.24) is 0 Å². The van der Waals surface area contributed by atoms with Gasteiger partial charge in [0.2, 0.25) is 6.29 Å². The van der Waals surface area contributed by atoms with Crippen LogP contribution in [-0.2, 0) is 33.2 Å². The Labute approximate surface area is 392 Å². The molecular formula is C48H78O19. The first kappa shape index (κ1) is 51.9. The van der Waals surface area contributed by atoms with Crippen molar-refractivity contribution < 1.29 is 94.5 Å². The highest BCUT2D eigenvalue weighted by Crippen LogP contribution is 2.76. The highest BCUT2D eigenvalue weighted by atomic mass is 16.8. The first-order chi connectivity index (χ1) is 31.2. The molecule has 3 saturated heterocycles. The van der Waals surface area contributed by atoms with Gasteiger partial charge in [-0.05, 0) is 103 Å². The molecule has 3 aliphatic heterocycles. The minimum atomic E-state index is -1.94. The van der Waals surface area contributed by atoms with Gasteiger partial charge >= 0.3 is 5.97 Å². The Morgan fingerprint density at radius 1 is 0.627 bits per heavy atom. The number of carbonyl (C=O) groups excluding carboxylic acids is 1. The van der Waals surface area contributed by atoms with Gasteiger partial charge in [-0.1, -0.05) is 60.1 Å². The molecule has 0 amide bonds. The van der Waals surface area contributed by atoms with Gasteiger partial charge in [0.05, 0.1) is 32.0 Å². The number of aliphatic hydroxyl groups is 12. The van der Waals surface area contributed by atoms with Crippen molar-refractivity contribution in [3.8, 4) is 0 Å². The standard InChI is InChI=1S/C48H78O19/c1-43(2)14-15-48(22(16-43)21-8-9-27-45(5)12-11-28(51)44(3,4)26(45)10-13-46(27,6)47(21,7)17-29(48)52)42(61)67-40-37(60)34(57)32(55)25(65-40)20-62-41-38(35(58)31(54)24(19-50)64-41)66-39-36(59)33(56)30(53)23(18-49)63-39/h8,22-41,49-60H,9-20H2,1-7H3/t22-,23+,24+,25+,26-,27+,28-,29+,30+,31+,32+,33-,34-,35-,36+,37+,38+,39-,40-,41+,45-,46+,47+,48+/m0/s1. The van der Waals surface area contributed by atoms with Crippen LogP contribution >= 0.6 is 0 Å². The Morgan fingerprint density at radius 3 is 1.85 bits per heavy atom. The first-order valence-electron chi connectivity index (χ1n) is 24.4. The van der Waals surface area contributed by atoms with Gasteiger partial charge < -0.3 is 89.7 Å². The van der Waals surface area contributed by atoms with Crippen LogP contribution in [0.1, 0.15) is 106 Å². The Bertz CT molecular complexity index is 1830. The number of carbonyl (C=O) groups is 1. The summed E-state index contributed by atoms with van der Waals surface area (Å²) in [5.74, 6) is -0.656. The van der Waals surface area contributed by atoms with E-state index >= 15 is 4.79 Å². The van der Waals surface area contributed by atoms with Gasteiger partial charge in [0.15, 0.2) is 12.6 Å². The van der Waals surface area contributed by atoms with Crippen molar-refractivity contribution >= 4 is 5.97 Å². The van der Waals surface area contributed by atoms with E-state index in [0.717, 1.165) is 37.7 Å². The fourth-order valence-corrected chi connectivity index (χ4v) is 14.9. The van der Waals surface area contributed by atoms with Gasteiger partial charge in [-0.2, -0.15) is 0 Å². The van der Waals surface area contributed by atoms with Gasteiger partial charge in [0.25, 0.3) is 0 Å². The molecule has 0 aromatic rings. The molecule has 0 aromatic carbocycles. The number of hydrogen-bond acceptors (Lipinski definition) is 19. The zero-order chi connectivity index (χ0) is 49.1. The molecule has 4 saturated carbocycles. The van der Waals surface area contributed by atoms with Crippen molar-refractivity contribution in [3.05, 3.63) is 11.6 Å². The van der Waals surface area contributed by atoms with Crippen LogP contribution in [0.5, 0.6) is 0 Å². The highest BCUT2D eigenvalue weighted by Gasteiger charge is 2.72. The largest absolute Gasteiger partial charge is 0.432 e. The summed E-state index contributed by atoms with van der Waals surface area (Å²) >= 11 is 0. The zero-order valence-electron chi connectivity index (χ0n) is 39.8. The Kier molecular flexibility index (Phi) is 14.1. The summed E-state index contributed by atoms with van der Waals surface area (Å²) < 4.78 is 34.8. The highest BCUT2D eigenvalue weighted by molar-refractivity contribution is 5.80. The van der Waals surface area contributed by atoms with E-state index in [2.05, 4.69) is 54.5 Å². The molecule has 67 heavy (non-hydrogen) atoms. The van der Waals surface area contributed by atoms with Crippen molar-refractivity contribution in [1.29, 1.82) is 0 Å². The number of allylic oxidation sites excluding steroid dienone is 2. The molecule has 3 heterocycles. The summed E-state index contributed by atoms with van der Waals surface area (Å²) in [6.45, 7) is 13.4. The minimum Gasteiger partial charge on any atom is -0.432 e. The van der Waals surface area contributed by atoms with E-state index in [1.807, 2.05) is 0 Å². The summed E-state index contributed by atoms with van der Waals surface area (Å²) in [7, 11) is 0. The molecule has 0 radical (unpaired) electrons. The van der Waals surface area contributed by atoms with Crippen LogP contribution in [0, 0.1) is 50.2 Å². The van der Waals surface area contributed by atoms with E-state index in [1.54, 1.807) is 0 Å². The van der Waals surface area contributed by atoms with Crippen molar-refractivity contribution in [2.75, 3.05) is 19.8 Å². The molecule has 19 heteroatoms. The average molecular weight is 959 g/mol. The van der Waals surface area contributed by atoms with E-state index in [0.29, 0.717) is 25.2 Å². The average Bonchev–Trinajstić information content (AvgIpc) is 3.27. The molecule has 19 nitrogen and oxygen atoms in total. The molecule has 12 N–H and O–H groups in total. The van der Waals surface area contributed by atoms with Gasteiger partial charge in [-0.3, -0.25) is 4.79 Å². The van der Waals surface area contributed by atoms with Gasteiger partial charge in [0, 0.05) is 0 Å². The predicted molar refractivity (Wildman–Crippen MR) is 232 cm³/mol. The number of esters is 1. The minimum absolute atomic E-state index is 0.0475. The number of aliphatic hydroxyl groups excluding tert-OH is 12. The molecule has 24 atom stereocenters. The second-order valence-electron chi connectivity index (χ2n) is 23.6. The van der Waals surface area contributed by atoms with Gasteiger partial charge in [-0.25, -0.2) is 0 Å². The maximum Gasteiger partial charge on any atom is 0.317 e. The molecule has 0 unspecified atom stereocenters. The first-order valence-corrected chi connectivity index (χ1v) is 24.4. The normalized spacial score (nSPS) is 53.8. The van der Waals surface area contributed by atoms with Crippen LogP contribution in [0.25, 0.3) is 0 Å². The third kappa shape index (κ3) is 8.10. The van der Waals surface area contributed by atoms with E-state index in [4.69, 9.17) is 28.4 Å². The van der Waals surface area contributed by atoms with E-state index < -0.39 is 141 Å². The number of fused-ring (bicyclic) bond motifs is 7. The van der Waals surface area contributed by atoms with Crippen molar-refractivity contribution in [3.63, 3.8) is 0 Å². The number of ether oxygens (including phenoxy) is 6. The lowest BCUT2D eigenvalue weighted by Crippen LogP contribution is -2.68. The van der Waals surface area contributed by atoms with Crippen molar-refractivity contribution in [2.45, 2.75) is 211 Å². The topological polar surface area (TPSA) is 315 Å². The summed E-state index contributed by atoms with van der Waals surface area (Å²) in [5, 5.41) is 130. The quantitative estimate of drug-likeness (QED) is 0.0986. The molecule has 5 aliphatic carbocycles. The molecule has 8 rings (SSSR count).